The summed E-state index contributed by atoms with van der Waals surface area (Å²) >= 11 is 0. The summed E-state index contributed by atoms with van der Waals surface area (Å²) in [6.07, 6.45) is 6.16. The molecule has 8 nitrogen and oxygen atoms in total. The molecule has 0 radical (unpaired) electrons. The van der Waals surface area contributed by atoms with Crippen molar-refractivity contribution in [2.75, 3.05) is 13.1 Å². The number of carbonyl (C=O) groups excluding carboxylic acids is 3. The van der Waals surface area contributed by atoms with Gasteiger partial charge < -0.3 is 4.90 Å². The van der Waals surface area contributed by atoms with E-state index in [1.165, 1.54) is 5.56 Å². The second kappa shape index (κ2) is 8.19. The topological polar surface area (TPSA) is 95.5 Å². The molecule has 160 valence electrons. The minimum atomic E-state index is -0.564. The van der Waals surface area contributed by atoms with E-state index in [2.05, 4.69) is 32.3 Å². The zero-order valence-corrected chi connectivity index (χ0v) is 17.3. The van der Waals surface area contributed by atoms with Crippen LogP contribution in [0.3, 0.4) is 0 Å². The Balaban J connectivity index is 1.24. The third kappa shape index (κ3) is 3.95. The molecular formula is C23H25N5O3. The van der Waals surface area contributed by atoms with Crippen LogP contribution in [0.25, 0.3) is 0 Å². The first-order chi connectivity index (χ1) is 15.1. The first-order valence-corrected chi connectivity index (χ1v) is 10.8. The molecule has 0 bridgehead atoms. The number of nitrogens with one attached hydrogen (secondary N) is 1. The average Bonchev–Trinajstić information content (AvgIpc) is 3.10. The number of hydrogen-bond acceptors (Lipinski definition) is 6. The maximum absolute atomic E-state index is 12.9. The lowest BCUT2D eigenvalue weighted by Gasteiger charge is -2.32. The van der Waals surface area contributed by atoms with Crippen LogP contribution in [0.15, 0.2) is 36.8 Å². The van der Waals surface area contributed by atoms with E-state index in [0.717, 1.165) is 43.7 Å². The van der Waals surface area contributed by atoms with Gasteiger partial charge in [-0.1, -0.05) is 12.1 Å². The van der Waals surface area contributed by atoms with Crippen molar-refractivity contribution in [1.29, 1.82) is 0 Å². The molecule has 4 heterocycles. The predicted octanol–water partition coefficient (Wildman–Crippen LogP) is 1.62. The van der Waals surface area contributed by atoms with E-state index in [-0.39, 0.29) is 24.1 Å². The second-order valence-electron chi connectivity index (χ2n) is 8.57. The van der Waals surface area contributed by atoms with Gasteiger partial charge in [-0.2, -0.15) is 0 Å². The lowest BCUT2D eigenvalue weighted by atomic mass is 9.88. The summed E-state index contributed by atoms with van der Waals surface area (Å²) in [6.45, 7) is 3.29. The number of rotatable bonds is 4. The van der Waals surface area contributed by atoms with E-state index in [9.17, 15) is 14.4 Å². The Labute approximate surface area is 180 Å². The number of nitrogens with zero attached hydrogens (tertiary/aromatic N) is 4. The van der Waals surface area contributed by atoms with Crippen molar-refractivity contribution < 1.29 is 14.4 Å². The highest BCUT2D eigenvalue weighted by Crippen LogP contribution is 2.33. The highest BCUT2D eigenvalue weighted by Gasteiger charge is 2.39. The Morgan fingerprint density at radius 2 is 1.90 bits per heavy atom. The van der Waals surface area contributed by atoms with Gasteiger partial charge in [-0.3, -0.25) is 24.6 Å². The zero-order chi connectivity index (χ0) is 21.4. The van der Waals surface area contributed by atoms with Gasteiger partial charge in [0.15, 0.2) is 0 Å². The normalized spacial score (nSPS) is 22.5. The van der Waals surface area contributed by atoms with Crippen molar-refractivity contribution in [3.8, 4) is 0 Å². The predicted molar refractivity (Wildman–Crippen MR) is 112 cm³/mol. The minimum Gasteiger partial charge on any atom is -0.322 e. The lowest BCUT2D eigenvalue weighted by Crippen LogP contribution is -2.52. The molecule has 0 spiro atoms. The van der Waals surface area contributed by atoms with Gasteiger partial charge in [-0.15, -0.1) is 0 Å². The lowest BCUT2D eigenvalue weighted by molar-refractivity contribution is -0.136. The van der Waals surface area contributed by atoms with Crippen LogP contribution in [0.5, 0.6) is 0 Å². The van der Waals surface area contributed by atoms with Gasteiger partial charge in [-0.05, 0) is 61.5 Å². The Morgan fingerprint density at radius 1 is 1.06 bits per heavy atom. The Morgan fingerprint density at radius 3 is 2.65 bits per heavy atom. The quantitative estimate of drug-likeness (QED) is 0.757. The van der Waals surface area contributed by atoms with Crippen molar-refractivity contribution >= 4 is 17.7 Å². The molecule has 0 saturated carbocycles. The van der Waals surface area contributed by atoms with E-state index >= 15 is 0 Å². The first-order valence-electron chi connectivity index (χ1n) is 10.8. The number of fused-ring (bicyclic) bond motifs is 1. The number of amides is 3. The molecule has 2 fully saturated rings. The summed E-state index contributed by atoms with van der Waals surface area (Å²) in [5, 5.41) is 2.35. The molecule has 3 aliphatic rings. The first kappa shape index (κ1) is 19.8. The Hall–Kier alpha value is -3.13. The fourth-order valence-electron chi connectivity index (χ4n) is 4.91. The summed E-state index contributed by atoms with van der Waals surface area (Å²) in [6, 6.07) is 7.51. The fourth-order valence-corrected chi connectivity index (χ4v) is 4.91. The number of piperidine rings is 2. The van der Waals surface area contributed by atoms with Crippen LogP contribution in [0.1, 0.15) is 58.8 Å². The molecule has 2 saturated heterocycles. The molecule has 2 aromatic rings. The molecule has 31 heavy (non-hydrogen) atoms. The van der Waals surface area contributed by atoms with E-state index < -0.39 is 6.04 Å². The zero-order valence-electron chi connectivity index (χ0n) is 17.3. The molecule has 0 aliphatic carbocycles. The van der Waals surface area contributed by atoms with Crippen molar-refractivity contribution in [2.45, 2.75) is 50.7 Å². The van der Waals surface area contributed by atoms with Crippen molar-refractivity contribution in [2.24, 2.45) is 0 Å². The molecule has 1 aromatic heterocycles. The smallest absolute Gasteiger partial charge is 0.255 e. The number of benzene rings is 1. The summed E-state index contributed by atoms with van der Waals surface area (Å²) in [7, 11) is 0. The minimum absolute atomic E-state index is 0.115. The van der Waals surface area contributed by atoms with Crippen molar-refractivity contribution in [1.82, 2.24) is 25.1 Å². The monoisotopic (exact) mass is 419 g/mol. The van der Waals surface area contributed by atoms with Gasteiger partial charge >= 0.3 is 0 Å². The third-order valence-electron chi connectivity index (χ3n) is 6.64. The highest BCUT2D eigenvalue weighted by molar-refractivity contribution is 6.05. The Bertz CT molecular complexity index is 1020. The maximum atomic E-state index is 12.9. The molecule has 5 rings (SSSR count). The van der Waals surface area contributed by atoms with Crippen LogP contribution in [0.4, 0.5) is 0 Å². The van der Waals surface area contributed by atoms with Crippen molar-refractivity contribution in [3.63, 3.8) is 0 Å². The standard InChI is InChI=1S/C23H25N5O3/c29-21-4-3-20(22(30)26-21)28-12-17-11-16(1-2-19(17)23(28)31)15-6-9-27(10-7-15)13-18-5-8-24-14-25-18/h1-2,5,8,11,14-15,20H,3-4,6-7,9-10,12-13H2,(H,26,29,30). The largest absolute Gasteiger partial charge is 0.322 e. The summed E-state index contributed by atoms with van der Waals surface area (Å²) in [5.74, 6) is -0.283. The van der Waals surface area contributed by atoms with Crippen LogP contribution in [0, 0.1) is 0 Å². The van der Waals surface area contributed by atoms with Crippen LogP contribution < -0.4 is 5.32 Å². The second-order valence-corrected chi connectivity index (χ2v) is 8.57. The average molecular weight is 419 g/mol. The summed E-state index contributed by atoms with van der Waals surface area (Å²) < 4.78 is 0. The fraction of sp³-hybridized carbons (Fsp3) is 0.435. The van der Waals surface area contributed by atoms with E-state index in [1.54, 1.807) is 17.4 Å². The molecule has 8 heteroatoms. The third-order valence-corrected chi connectivity index (χ3v) is 6.64. The van der Waals surface area contributed by atoms with E-state index in [1.807, 2.05) is 12.1 Å². The highest BCUT2D eigenvalue weighted by atomic mass is 16.2. The Kier molecular flexibility index (Phi) is 5.23. The van der Waals surface area contributed by atoms with E-state index in [0.29, 0.717) is 24.4 Å². The molecule has 3 aliphatic heterocycles. The molecule has 3 amide bonds. The van der Waals surface area contributed by atoms with Gasteiger partial charge in [-0.25, -0.2) is 9.97 Å². The SMILES string of the molecule is O=C1CCC(N2Cc3cc(C4CCN(Cc5ccncn5)CC4)ccc3C2=O)C(=O)N1. The number of aromatic nitrogens is 2. The molecule has 1 unspecified atom stereocenters. The summed E-state index contributed by atoms with van der Waals surface area (Å²) in [4.78, 5) is 48.8. The van der Waals surface area contributed by atoms with Gasteiger partial charge in [0.05, 0.1) is 5.69 Å². The number of carbonyl (C=O) groups is 3. The van der Waals surface area contributed by atoms with Crippen LogP contribution in [-0.2, 0) is 22.7 Å². The molecule has 1 N–H and O–H groups in total. The van der Waals surface area contributed by atoms with Crippen molar-refractivity contribution in [3.05, 3.63) is 59.2 Å². The number of imide groups is 1. The van der Waals surface area contributed by atoms with Crippen LogP contribution in [0.2, 0.25) is 0 Å². The van der Waals surface area contributed by atoms with Gasteiger partial charge in [0.1, 0.15) is 12.4 Å². The van der Waals surface area contributed by atoms with Gasteiger partial charge in [0.2, 0.25) is 11.8 Å². The van der Waals surface area contributed by atoms with Crippen LogP contribution in [-0.4, -0.2) is 56.6 Å². The number of likely N-dealkylation sites (tertiary alicyclic amines) is 1. The maximum Gasteiger partial charge on any atom is 0.255 e. The van der Waals surface area contributed by atoms with E-state index in [4.69, 9.17) is 0 Å². The van der Waals surface area contributed by atoms with Gasteiger partial charge in [0.25, 0.3) is 5.91 Å². The van der Waals surface area contributed by atoms with Gasteiger partial charge in [0, 0.05) is 31.3 Å². The molecular weight excluding hydrogens is 394 g/mol. The molecule has 1 aromatic carbocycles. The molecule has 1 atom stereocenters. The van der Waals surface area contributed by atoms with Crippen LogP contribution >= 0.6 is 0 Å². The summed E-state index contributed by atoms with van der Waals surface area (Å²) in [5.41, 5.74) is 3.96. The number of hydrogen-bond donors (Lipinski definition) is 1.